The van der Waals surface area contributed by atoms with E-state index < -0.39 is 47.0 Å². The summed E-state index contributed by atoms with van der Waals surface area (Å²) in [6.07, 6.45) is -10.2. The lowest BCUT2D eigenvalue weighted by Crippen LogP contribution is -2.32. The molecule has 2 atom stereocenters. The van der Waals surface area contributed by atoms with Crippen molar-refractivity contribution in [2.45, 2.75) is 24.4 Å². The van der Waals surface area contributed by atoms with Crippen molar-refractivity contribution in [3.05, 3.63) is 117 Å². The summed E-state index contributed by atoms with van der Waals surface area (Å²) in [5.74, 6) is -1.19. The molecular formula is C23H16F6N4O. The van der Waals surface area contributed by atoms with Gasteiger partial charge in [-0.25, -0.2) is 0 Å². The SMILES string of the molecule is [N-]=[N+]=N[C@H](c1ccccc1)[C@H](NC(=O)c1cc(C(F)(F)F)cc(C(F)(F)F)c1)c1ccccc1. The Morgan fingerprint density at radius 2 is 1.26 bits per heavy atom. The predicted molar refractivity (Wildman–Crippen MR) is 111 cm³/mol. The molecule has 0 heterocycles. The maximum absolute atomic E-state index is 13.2. The van der Waals surface area contributed by atoms with Crippen molar-refractivity contribution in [2.75, 3.05) is 0 Å². The van der Waals surface area contributed by atoms with E-state index >= 15 is 0 Å². The maximum Gasteiger partial charge on any atom is 0.416 e. The zero-order valence-electron chi connectivity index (χ0n) is 17.2. The number of rotatable bonds is 6. The van der Waals surface area contributed by atoms with Crippen LogP contribution in [0.15, 0.2) is 84.0 Å². The third kappa shape index (κ3) is 5.87. The van der Waals surface area contributed by atoms with Crippen molar-refractivity contribution >= 4 is 5.91 Å². The van der Waals surface area contributed by atoms with Crippen LogP contribution in [-0.4, -0.2) is 5.91 Å². The fourth-order valence-corrected chi connectivity index (χ4v) is 3.35. The van der Waals surface area contributed by atoms with Gasteiger partial charge in [0.2, 0.25) is 0 Å². The molecule has 0 spiro atoms. The number of alkyl halides is 6. The summed E-state index contributed by atoms with van der Waals surface area (Å²) in [7, 11) is 0. The van der Waals surface area contributed by atoms with E-state index in [9.17, 15) is 31.1 Å². The molecule has 0 radical (unpaired) electrons. The molecule has 0 unspecified atom stereocenters. The zero-order valence-corrected chi connectivity index (χ0v) is 17.2. The maximum atomic E-state index is 13.2. The molecule has 0 fully saturated rings. The second kappa shape index (κ2) is 9.88. The number of nitrogens with one attached hydrogen (secondary N) is 1. The molecule has 0 saturated carbocycles. The molecule has 0 aliphatic rings. The van der Waals surface area contributed by atoms with E-state index in [0.29, 0.717) is 23.3 Å². The quantitative estimate of drug-likeness (QED) is 0.172. The average Bonchev–Trinajstić information content (AvgIpc) is 2.81. The molecule has 1 N–H and O–H groups in total. The Morgan fingerprint density at radius 3 is 1.71 bits per heavy atom. The summed E-state index contributed by atoms with van der Waals surface area (Å²) in [4.78, 5) is 15.8. The van der Waals surface area contributed by atoms with Gasteiger partial charge in [-0.2, -0.15) is 26.3 Å². The van der Waals surface area contributed by atoms with Crippen LogP contribution in [0.1, 0.15) is 44.7 Å². The van der Waals surface area contributed by atoms with E-state index in [4.69, 9.17) is 5.53 Å². The normalized spacial score (nSPS) is 13.5. The molecule has 3 aromatic rings. The van der Waals surface area contributed by atoms with Crippen LogP contribution in [0.4, 0.5) is 26.3 Å². The molecule has 0 bridgehead atoms. The van der Waals surface area contributed by atoms with Crippen molar-refractivity contribution in [3.8, 4) is 0 Å². The van der Waals surface area contributed by atoms with Crippen LogP contribution in [0, 0.1) is 0 Å². The third-order valence-corrected chi connectivity index (χ3v) is 4.93. The first-order valence-corrected chi connectivity index (χ1v) is 9.75. The number of amides is 1. The molecule has 3 aromatic carbocycles. The van der Waals surface area contributed by atoms with E-state index in [0.717, 1.165) is 0 Å². The highest BCUT2D eigenvalue weighted by Crippen LogP contribution is 2.37. The summed E-state index contributed by atoms with van der Waals surface area (Å²) < 4.78 is 79.3. The van der Waals surface area contributed by atoms with Crippen molar-refractivity contribution in [3.63, 3.8) is 0 Å². The van der Waals surface area contributed by atoms with Crippen LogP contribution in [-0.2, 0) is 12.4 Å². The molecule has 0 aliphatic heterocycles. The van der Waals surface area contributed by atoms with Crippen LogP contribution in [0.2, 0.25) is 0 Å². The molecule has 0 aromatic heterocycles. The highest BCUT2D eigenvalue weighted by atomic mass is 19.4. The topological polar surface area (TPSA) is 77.9 Å². The van der Waals surface area contributed by atoms with Crippen molar-refractivity contribution in [2.24, 2.45) is 5.11 Å². The molecule has 1 amide bonds. The lowest BCUT2D eigenvalue weighted by Gasteiger charge is -2.26. The first-order chi connectivity index (χ1) is 16.0. The van der Waals surface area contributed by atoms with Crippen molar-refractivity contribution in [1.82, 2.24) is 5.32 Å². The monoisotopic (exact) mass is 478 g/mol. The minimum Gasteiger partial charge on any atom is -0.344 e. The molecule has 3 rings (SSSR count). The number of benzene rings is 3. The Labute approximate surface area is 189 Å². The summed E-state index contributed by atoms with van der Waals surface area (Å²) >= 11 is 0. The first kappa shape index (κ1) is 24.7. The standard InChI is InChI=1S/C23H16F6N4O/c24-22(25,26)17-11-16(12-18(13-17)23(27,28)29)21(34)31-19(14-7-3-1-4-8-14)20(32-33-30)15-9-5-2-6-10-15/h1-13,19-20H,(H,31,34)/t19-,20-/m1/s1. The van der Waals surface area contributed by atoms with Crippen molar-refractivity contribution < 1.29 is 31.1 Å². The van der Waals surface area contributed by atoms with E-state index in [1.54, 1.807) is 60.7 Å². The Morgan fingerprint density at radius 1 is 0.794 bits per heavy atom. The first-order valence-electron chi connectivity index (χ1n) is 9.75. The van der Waals surface area contributed by atoms with E-state index in [1.165, 1.54) is 0 Å². The zero-order chi connectivity index (χ0) is 24.9. The van der Waals surface area contributed by atoms with Gasteiger partial charge < -0.3 is 5.32 Å². The van der Waals surface area contributed by atoms with E-state index in [-0.39, 0.29) is 6.07 Å². The van der Waals surface area contributed by atoms with Gasteiger partial charge in [-0.15, -0.1) is 0 Å². The average molecular weight is 478 g/mol. The Kier molecular flexibility index (Phi) is 7.17. The lowest BCUT2D eigenvalue weighted by atomic mass is 9.93. The molecular weight excluding hydrogens is 462 g/mol. The van der Waals surface area contributed by atoms with Gasteiger partial charge >= 0.3 is 12.4 Å². The van der Waals surface area contributed by atoms with Crippen LogP contribution < -0.4 is 5.32 Å². The van der Waals surface area contributed by atoms with Gasteiger partial charge in [0.25, 0.3) is 5.91 Å². The van der Waals surface area contributed by atoms with Gasteiger partial charge in [0.1, 0.15) is 0 Å². The molecule has 11 heteroatoms. The number of halogens is 6. The van der Waals surface area contributed by atoms with Gasteiger partial charge in [-0.05, 0) is 34.9 Å². The molecule has 176 valence electrons. The van der Waals surface area contributed by atoms with Crippen LogP contribution in [0.3, 0.4) is 0 Å². The summed E-state index contributed by atoms with van der Waals surface area (Å²) in [6, 6.07) is 14.8. The number of hydrogen-bond donors (Lipinski definition) is 1. The van der Waals surface area contributed by atoms with Gasteiger partial charge in [0.15, 0.2) is 0 Å². The van der Waals surface area contributed by atoms with Gasteiger partial charge in [-0.3, -0.25) is 4.79 Å². The summed E-state index contributed by atoms with van der Waals surface area (Å²) in [6.45, 7) is 0. The molecule has 34 heavy (non-hydrogen) atoms. The van der Waals surface area contributed by atoms with Gasteiger partial charge in [0.05, 0.1) is 23.2 Å². The number of carbonyl (C=O) groups excluding carboxylic acids is 1. The van der Waals surface area contributed by atoms with E-state index in [1.807, 2.05) is 0 Å². The molecule has 0 aliphatic carbocycles. The largest absolute Gasteiger partial charge is 0.416 e. The fourth-order valence-electron chi connectivity index (χ4n) is 3.35. The highest BCUT2D eigenvalue weighted by Gasteiger charge is 2.38. The van der Waals surface area contributed by atoms with E-state index in [2.05, 4.69) is 15.3 Å². The Balaban J connectivity index is 2.09. The second-order valence-electron chi connectivity index (χ2n) is 7.22. The third-order valence-electron chi connectivity index (χ3n) is 4.93. The van der Waals surface area contributed by atoms with Crippen LogP contribution in [0.25, 0.3) is 10.4 Å². The van der Waals surface area contributed by atoms with Crippen LogP contribution in [0.5, 0.6) is 0 Å². The molecule has 0 saturated heterocycles. The minimum absolute atomic E-state index is 0.0573. The second-order valence-corrected chi connectivity index (χ2v) is 7.22. The van der Waals surface area contributed by atoms with Crippen LogP contribution >= 0.6 is 0 Å². The minimum atomic E-state index is -5.10. The predicted octanol–water partition coefficient (Wildman–Crippen LogP) is 7.25. The number of carbonyl (C=O) groups is 1. The van der Waals surface area contributed by atoms with Gasteiger partial charge in [-0.1, -0.05) is 65.8 Å². The summed E-state index contributed by atoms with van der Waals surface area (Å²) in [5, 5.41) is 6.19. The number of azide groups is 1. The summed E-state index contributed by atoms with van der Waals surface area (Å²) in [5.41, 5.74) is 5.94. The molecule has 5 nitrogen and oxygen atoms in total. The number of nitrogens with zero attached hydrogens (tertiary/aromatic N) is 3. The highest BCUT2D eigenvalue weighted by molar-refractivity contribution is 5.95. The Hall–Kier alpha value is -3.98. The van der Waals surface area contributed by atoms with Crippen molar-refractivity contribution in [1.29, 1.82) is 0 Å². The number of hydrogen-bond acceptors (Lipinski definition) is 2. The van der Waals surface area contributed by atoms with Gasteiger partial charge in [0, 0.05) is 10.5 Å². The smallest absolute Gasteiger partial charge is 0.344 e. The lowest BCUT2D eigenvalue weighted by molar-refractivity contribution is -0.143. The Bertz CT molecular complexity index is 1160. The fraction of sp³-hybridized carbons (Fsp3) is 0.174.